The van der Waals surface area contributed by atoms with Crippen molar-refractivity contribution in [1.82, 2.24) is 15.0 Å². The molecular weight excluding hydrogens is 462 g/mol. The summed E-state index contributed by atoms with van der Waals surface area (Å²) in [6.07, 6.45) is 0.785. The number of carbonyl (C=O) groups is 1. The van der Waals surface area contributed by atoms with Crippen LogP contribution in [0.3, 0.4) is 0 Å². The number of carbonyl (C=O) groups excluding carboxylic acids is 1. The Balaban J connectivity index is 1.50. The van der Waals surface area contributed by atoms with E-state index in [1.165, 1.54) is 0 Å². The molecule has 3 aromatic carbocycles. The maximum atomic E-state index is 13.5. The van der Waals surface area contributed by atoms with Crippen LogP contribution in [-0.4, -0.2) is 27.0 Å². The van der Waals surface area contributed by atoms with Crippen LogP contribution in [0.1, 0.15) is 47.6 Å². The number of aromatic nitrogens is 2. The van der Waals surface area contributed by atoms with Gasteiger partial charge in [-0.15, -0.1) is 0 Å². The minimum absolute atomic E-state index is 0.0232. The summed E-state index contributed by atoms with van der Waals surface area (Å²) in [5, 5.41) is 4.75. The molecule has 0 aliphatic carbocycles. The maximum absolute atomic E-state index is 13.5. The highest BCUT2D eigenvalue weighted by molar-refractivity contribution is 6.31. The van der Waals surface area contributed by atoms with Gasteiger partial charge in [0.05, 0.1) is 0 Å². The van der Waals surface area contributed by atoms with Gasteiger partial charge >= 0.3 is 0 Å². The number of ether oxygens (including phenoxy) is 1. The zero-order valence-electron chi connectivity index (χ0n) is 20.1. The number of nitrogens with zero attached hydrogens (tertiary/aromatic N) is 3. The van der Waals surface area contributed by atoms with E-state index < -0.39 is 0 Å². The Bertz CT molecular complexity index is 1290. The van der Waals surface area contributed by atoms with Gasteiger partial charge in [0.2, 0.25) is 11.7 Å². The van der Waals surface area contributed by atoms with E-state index in [1.807, 2.05) is 81.4 Å². The summed E-state index contributed by atoms with van der Waals surface area (Å²) in [5.74, 6) is 1.36. The third-order valence-electron chi connectivity index (χ3n) is 5.90. The first-order valence-corrected chi connectivity index (χ1v) is 12.0. The summed E-state index contributed by atoms with van der Waals surface area (Å²) in [6, 6.07) is 22.6. The van der Waals surface area contributed by atoms with Crippen molar-refractivity contribution in [3.05, 3.63) is 100 Å². The van der Waals surface area contributed by atoms with Crippen molar-refractivity contribution in [1.29, 1.82) is 0 Å². The largest absolute Gasteiger partial charge is 0.489 e. The van der Waals surface area contributed by atoms with Crippen LogP contribution < -0.4 is 4.74 Å². The smallest absolute Gasteiger partial charge is 0.254 e. The minimum atomic E-state index is -0.127. The molecule has 0 unspecified atom stereocenters. The van der Waals surface area contributed by atoms with Crippen molar-refractivity contribution in [2.45, 2.75) is 46.4 Å². The monoisotopic (exact) mass is 489 g/mol. The molecule has 0 saturated carbocycles. The van der Waals surface area contributed by atoms with Crippen molar-refractivity contribution < 1.29 is 14.1 Å². The highest BCUT2D eigenvalue weighted by Crippen LogP contribution is 2.23. The molecule has 1 atom stereocenters. The fourth-order valence-electron chi connectivity index (χ4n) is 3.59. The fourth-order valence-corrected chi connectivity index (χ4v) is 3.78. The second kappa shape index (κ2) is 11.2. The molecule has 7 heteroatoms. The first kappa shape index (κ1) is 24.5. The topological polar surface area (TPSA) is 68.5 Å². The molecule has 180 valence electrons. The Morgan fingerprint density at radius 3 is 2.60 bits per heavy atom. The van der Waals surface area contributed by atoms with E-state index in [9.17, 15) is 4.79 Å². The molecule has 0 aliphatic heterocycles. The summed E-state index contributed by atoms with van der Waals surface area (Å²) in [6.45, 7) is 6.61. The number of hydrogen-bond donors (Lipinski definition) is 0. The zero-order valence-corrected chi connectivity index (χ0v) is 20.8. The standard InChI is InChI=1S/C28H28ClN3O3/c1-4-20(3)32(17-26-30-27(31-35-26)21-14-12-19(2)13-15-21)28(33)22-9-7-10-24(16-22)34-18-23-8-5-6-11-25(23)29/h5-16,20H,4,17-18H2,1-3H3/t20-/m1/s1. The summed E-state index contributed by atoms with van der Waals surface area (Å²) in [7, 11) is 0. The molecule has 4 rings (SSSR count). The van der Waals surface area contributed by atoms with Gasteiger partial charge in [-0.1, -0.05) is 77.8 Å². The van der Waals surface area contributed by atoms with E-state index in [-0.39, 0.29) is 18.5 Å². The van der Waals surface area contributed by atoms with Gasteiger partial charge in [0.1, 0.15) is 18.9 Å². The number of aryl methyl sites for hydroxylation is 1. The fraction of sp³-hybridized carbons (Fsp3) is 0.250. The second-order valence-electron chi connectivity index (χ2n) is 8.48. The van der Waals surface area contributed by atoms with Gasteiger partial charge < -0.3 is 14.2 Å². The van der Waals surface area contributed by atoms with E-state index in [0.717, 1.165) is 23.1 Å². The quantitative estimate of drug-likeness (QED) is 0.261. The average molecular weight is 490 g/mol. The number of halogens is 1. The van der Waals surface area contributed by atoms with Gasteiger partial charge in [-0.2, -0.15) is 4.98 Å². The molecule has 0 radical (unpaired) electrons. The molecule has 1 amide bonds. The lowest BCUT2D eigenvalue weighted by atomic mass is 10.1. The van der Waals surface area contributed by atoms with Gasteiger partial charge in [0.25, 0.3) is 5.91 Å². The number of hydrogen-bond acceptors (Lipinski definition) is 5. The zero-order chi connectivity index (χ0) is 24.8. The molecule has 0 saturated heterocycles. The van der Waals surface area contributed by atoms with E-state index in [0.29, 0.717) is 34.7 Å². The Morgan fingerprint density at radius 1 is 1.09 bits per heavy atom. The predicted octanol–water partition coefficient (Wildman–Crippen LogP) is 6.72. The SMILES string of the molecule is CC[C@@H](C)N(Cc1nc(-c2ccc(C)cc2)no1)C(=O)c1cccc(OCc2ccccc2Cl)c1. The highest BCUT2D eigenvalue weighted by Gasteiger charge is 2.24. The molecule has 4 aromatic rings. The summed E-state index contributed by atoms with van der Waals surface area (Å²) < 4.78 is 11.4. The molecule has 35 heavy (non-hydrogen) atoms. The number of benzene rings is 3. The molecule has 0 bridgehead atoms. The van der Waals surface area contributed by atoms with Gasteiger partial charge in [-0.3, -0.25) is 4.79 Å². The van der Waals surface area contributed by atoms with Gasteiger partial charge in [-0.25, -0.2) is 0 Å². The molecule has 1 aromatic heterocycles. The first-order chi connectivity index (χ1) is 16.9. The van der Waals surface area contributed by atoms with Gasteiger partial charge in [-0.05, 0) is 44.5 Å². The Morgan fingerprint density at radius 2 is 1.86 bits per heavy atom. The third kappa shape index (κ3) is 6.08. The highest BCUT2D eigenvalue weighted by atomic mass is 35.5. The van der Waals surface area contributed by atoms with Crippen molar-refractivity contribution >= 4 is 17.5 Å². The first-order valence-electron chi connectivity index (χ1n) is 11.6. The van der Waals surface area contributed by atoms with Crippen LogP contribution >= 0.6 is 11.6 Å². The maximum Gasteiger partial charge on any atom is 0.254 e. The van der Waals surface area contributed by atoms with E-state index in [4.69, 9.17) is 20.9 Å². The Labute approximate surface area is 210 Å². The minimum Gasteiger partial charge on any atom is -0.489 e. The van der Waals surface area contributed by atoms with Crippen molar-refractivity contribution in [3.63, 3.8) is 0 Å². The van der Waals surface area contributed by atoms with Crippen LogP contribution in [0.5, 0.6) is 5.75 Å². The lowest BCUT2D eigenvalue weighted by molar-refractivity contribution is 0.0646. The second-order valence-corrected chi connectivity index (χ2v) is 8.88. The van der Waals surface area contributed by atoms with Crippen LogP contribution in [0, 0.1) is 6.92 Å². The molecule has 6 nitrogen and oxygen atoms in total. The van der Waals surface area contributed by atoms with E-state index in [1.54, 1.807) is 17.0 Å². The summed E-state index contributed by atoms with van der Waals surface area (Å²) in [5.41, 5.74) is 3.44. The molecule has 1 heterocycles. The van der Waals surface area contributed by atoms with Crippen LogP contribution in [0.15, 0.2) is 77.3 Å². The van der Waals surface area contributed by atoms with Crippen LogP contribution in [0.4, 0.5) is 0 Å². The normalized spacial score (nSPS) is 11.8. The lowest BCUT2D eigenvalue weighted by Crippen LogP contribution is -2.37. The average Bonchev–Trinajstić information content (AvgIpc) is 3.35. The molecule has 0 spiro atoms. The van der Waals surface area contributed by atoms with Crippen molar-refractivity contribution in [3.8, 4) is 17.1 Å². The van der Waals surface area contributed by atoms with E-state index >= 15 is 0 Å². The number of rotatable bonds is 9. The summed E-state index contributed by atoms with van der Waals surface area (Å²) >= 11 is 6.23. The molecule has 0 N–H and O–H groups in total. The molecule has 0 aliphatic rings. The van der Waals surface area contributed by atoms with Gasteiger partial charge in [0, 0.05) is 27.8 Å². The summed E-state index contributed by atoms with van der Waals surface area (Å²) in [4.78, 5) is 19.8. The lowest BCUT2D eigenvalue weighted by Gasteiger charge is -2.27. The Hall–Kier alpha value is -3.64. The van der Waals surface area contributed by atoms with Gasteiger partial charge in [0.15, 0.2) is 0 Å². The molecule has 0 fully saturated rings. The van der Waals surface area contributed by atoms with Crippen molar-refractivity contribution in [2.75, 3.05) is 0 Å². The van der Waals surface area contributed by atoms with E-state index in [2.05, 4.69) is 10.1 Å². The van der Waals surface area contributed by atoms with Crippen LogP contribution in [0.25, 0.3) is 11.4 Å². The Kier molecular flexibility index (Phi) is 7.83. The van der Waals surface area contributed by atoms with Crippen molar-refractivity contribution in [2.24, 2.45) is 0 Å². The predicted molar refractivity (Wildman–Crippen MR) is 136 cm³/mol. The van der Waals surface area contributed by atoms with Crippen LogP contribution in [0.2, 0.25) is 5.02 Å². The number of amides is 1. The molecular formula is C28H28ClN3O3. The third-order valence-corrected chi connectivity index (χ3v) is 6.27. The van der Waals surface area contributed by atoms with Crippen LogP contribution in [-0.2, 0) is 13.2 Å².